The van der Waals surface area contributed by atoms with Gasteiger partial charge >= 0.3 is 0 Å². The summed E-state index contributed by atoms with van der Waals surface area (Å²) in [7, 11) is 0. The summed E-state index contributed by atoms with van der Waals surface area (Å²) < 4.78 is 0. The van der Waals surface area contributed by atoms with Crippen molar-refractivity contribution in [3.05, 3.63) is 35.4 Å². The molecule has 0 bridgehead atoms. The molecule has 0 radical (unpaired) electrons. The molecule has 0 fully saturated rings. The summed E-state index contributed by atoms with van der Waals surface area (Å²) in [5, 5.41) is 11.6. The molecular formula is C17H22N2O2. The smallest absolute Gasteiger partial charge is 0.216 e. The molecule has 1 N–H and O–H groups in total. The van der Waals surface area contributed by atoms with Crippen molar-refractivity contribution in [2.75, 3.05) is 6.54 Å². The maximum Gasteiger partial charge on any atom is 0.216 e. The zero-order chi connectivity index (χ0) is 15.7. The predicted molar refractivity (Wildman–Crippen MR) is 81.8 cm³/mol. The third-order valence-electron chi connectivity index (χ3n) is 3.28. The molecule has 1 aromatic carbocycles. The van der Waals surface area contributed by atoms with Crippen LogP contribution in [0.1, 0.15) is 49.0 Å². The van der Waals surface area contributed by atoms with E-state index in [4.69, 9.17) is 5.26 Å². The SMILES string of the molecule is CC(=O)NCCCCc1ccccc1C(=O)CC(C)C#N. The van der Waals surface area contributed by atoms with Crippen LogP contribution >= 0.6 is 0 Å². The summed E-state index contributed by atoms with van der Waals surface area (Å²) in [6.07, 6.45) is 2.87. The number of rotatable bonds is 8. The van der Waals surface area contributed by atoms with Crippen molar-refractivity contribution in [1.29, 1.82) is 5.26 Å². The largest absolute Gasteiger partial charge is 0.356 e. The second kappa shape index (κ2) is 8.91. The molecule has 112 valence electrons. The highest BCUT2D eigenvalue weighted by molar-refractivity contribution is 5.97. The molecule has 0 saturated carbocycles. The summed E-state index contributed by atoms with van der Waals surface area (Å²) in [5.74, 6) is -0.247. The van der Waals surface area contributed by atoms with Crippen LogP contribution in [0.5, 0.6) is 0 Å². The predicted octanol–water partition coefficient (Wildman–Crippen LogP) is 2.88. The van der Waals surface area contributed by atoms with Gasteiger partial charge in [-0.05, 0) is 31.7 Å². The number of nitrogens with one attached hydrogen (secondary N) is 1. The first-order valence-corrected chi connectivity index (χ1v) is 7.29. The first-order valence-electron chi connectivity index (χ1n) is 7.29. The third kappa shape index (κ3) is 6.22. The Hall–Kier alpha value is -2.15. The van der Waals surface area contributed by atoms with Gasteiger partial charge in [-0.3, -0.25) is 9.59 Å². The molecule has 1 aromatic rings. The fourth-order valence-electron chi connectivity index (χ4n) is 2.15. The average molecular weight is 286 g/mol. The third-order valence-corrected chi connectivity index (χ3v) is 3.28. The van der Waals surface area contributed by atoms with Crippen LogP contribution in [0, 0.1) is 17.2 Å². The number of hydrogen-bond acceptors (Lipinski definition) is 3. The number of Topliss-reactive ketones (excluding diaryl/α,β-unsaturated/α-hetero) is 1. The Morgan fingerprint density at radius 2 is 2.00 bits per heavy atom. The lowest BCUT2D eigenvalue weighted by Gasteiger charge is -2.09. The van der Waals surface area contributed by atoms with Crippen molar-refractivity contribution in [1.82, 2.24) is 5.32 Å². The van der Waals surface area contributed by atoms with Gasteiger partial charge in [-0.25, -0.2) is 0 Å². The van der Waals surface area contributed by atoms with Crippen molar-refractivity contribution < 1.29 is 9.59 Å². The van der Waals surface area contributed by atoms with Gasteiger partial charge in [0.2, 0.25) is 5.91 Å². The van der Waals surface area contributed by atoms with Gasteiger partial charge in [-0.2, -0.15) is 5.26 Å². The minimum Gasteiger partial charge on any atom is -0.356 e. The fourth-order valence-corrected chi connectivity index (χ4v) is 2.15. The summed E-state index contributed by atoms with van der Waals surface area (Å²) in [6, 6.07) is 9.66. The summed E-state index contributed by atoms with van der Waals surface area (Å²) in [5.41, 5.74) is 1.74. The molecule has 0 aliphatic rings. The minimum absolute atomic E-state index is 0.0175. The molecule has 1 amide bonds. The molecule has 4 nitrogen and oxygen atoms in total. The lowest BCUT2D eigenvalue weighted by Crippen LogP contribution is -2.20. The number of unbranched alkanes of at least 4 members (excludes halogenated alkanes) is 1. The Morgan fingerprint density at radius 1 is 1.29 bits per heavy atom. The lowest BCUT2D eigenvalue weighted by atomic mass is 9.94. The van der Waals surface area contributed by atoms with E-state index >= 15 is 0 Å². The number of hydrogen-bond donors (Lipinski definition) is 1. The number of amides is 1. The number of aryl methyl sites for hydroxylation is 1. The van der Waals surface area contributed by atoms with Crippen LogP contribution in [0.2, 0.25) is 0 Å². The highest BCUT2D eigenvalue weighted by Crippen LogP contribution is 2.16. The normalized spacial score (nSPS) is 11.5. The maximum absolute atomic E-state index is 12.2. The van der Waals surface area contributed by atoms with Crippen molar-refractivity contribution in [3.63, 3.8) is 0 Å². The number of carbonyl (C=O) groups excluding carboxylic acids is 2. The van der Waals surface area contributed by atoms with Crippen LogP contribution in [0.25, 0.3) is 0 Å². The highest BCUT2D eigenvalue weighted by Gasteiger charge is 2.13. The van der Waals surface area contributed by atoms with Gasteiger partial charge in [0.05, 0.1) is 12.0 Å². The van der Waals surface area contributed by atoms with E-state index < -0.39 is 0 Å². The number of carbonyl (C=O) groups is 2. The van der Waals surface area contributed by atoms with E-state index in [2.05, 4.69) is 11.4 Å². The van der Waals surface area contributed by atoms with E-state index in [1.165, 1.54) is 6.92 Å². The Kier molecular flexibility index (Phi) is 7.17. The molecule has 1 unspecified atom stereocenters. The molecule has 21 heavy (non-hydrogen) atoms. The van der Waals surface area contributed by atoms with Gasteiger partial charge in [0.1, 0.15) is 0 Å². The van der Waals surface area contributed by atoms with E-state index in [-0.39, 0.29) is 24.0 Å². The van der Waals surface area contributed by atoms with Crippen molar-refractivity contribution in [2.24, 2.45) is 5.92 Å². The molecule has 0 aromatic heterocycles. The van der Waals surface area contributed by atoms with Gasteiger partial charge in [0, 0.05) is 25.5 Å². The molecule has 1 atom stereocenters. The van der Waals surface area contributed by atoms with Crippen LogP contribution in [0.3, 0.4) is 0 Å². The summed E-state index contributed by atoms with van der Waals surface area (Å²) in [4.78, 5) is 23.0. The van der Waals surface area contributed by atoms with Crippen LogP contribution in [0.15, 0.2) is 24.3 Å². The monoisotopic (exact) mass is 286 g/mol. The van der Waals surface area contributed by atoms with E-state index in [0.717, 1.165) is 30.4 Å². The summed E-state index contributed by atoms with van der Waals surface area (Å²) in [6.45, 7) is 3.93. The van der Waals surface area contributed by atoms with Crippen molar-refractivity contribution >= 4 is 11.7 Å². The fraction of sp³-hybridized carbons (Fsp3) is 0.471. The average Bonchev–Trinajstić information content (AvgIpc) is 2.46. The molecule has 4 heteroatoms. The van der Waals surface area contributed by atoms with E-state index in [0.29, 0.717) is 6.54 Å². The van der Waals surface area contributed by atoms with Gasteiger partial charge in [-0.15, -0.1) is 0 Å². The molecule has 1 rings (SSSR count). The van der Waals surface area contributed by atoms with Crippen molar-refractivity contribution in [2.45, 2.75) is 39.5 Å². The highest BCUT2D eigenvalue weighted by atomic mass is 16.1. The van der Waals surface area contributed by atoms with Crippen molar-refractivity contribution in [3.8, 4) is 6.07 Å². The van der Waals surface area contributed by atoms with Gasteiger partial charge in [0.15, 0.2) is 5.78 Å². The summed E-state index contributed by atoms with van der Waals surface area (Å²) >= 11 is 0. The Morgan fingerprint density at radius 3 is 2.67 bits per heavy atom. The number of nitrogens with zero attached hydrogens (tertiary/aromatic N) is 1. The topological polar surface area (TPSA) is 70.0 Å². The second-order valence-electron chi connectivity index (χ2n) is 5.25. The zero-order valence-corrected chi connectivity index (χ0v) is 12.7. The van der Waals surface area contributed by atoms with Gasteiger partial charge in [-0.1, -0.05) is 24.3 Å². The Bertz CT molecular complexity index is 532. The van der Waals surface area contributed by atoms with Crippen LogP contribution in [0.4, 0.5) is 0 Å². The molecule has 0 aliphatic heterocycles. The van der Waals surface area contributed by atoms with Crippen LogP contribution < -0.4 is 5.32 Å². The number of ketones is 1. The van der Waals surface area contributed by atoms with E-state index in [1.54, 1.807) is 6.92 Å². The number of nitriles is 1. The Labute approximate surface area is 126 Å². The van der Waals surface area contributed by atoms with Crippen LogP contribution in [-0.2, 0) is 11.2 Å². The minimum atomic E-state index is -0.259. The van der Waals surface area contributed by atoms with E-state index in [9.17, 15) is 9.59 Å². The quantitative estimate of drug-likeness (QED) is 0.590. The molecular weight excluding hydrogens is 264 g/mol. The molecule has 0 aliphatic carbocycles. The zero-order valence-electron chi connectivity index (χ0n) is 12.7. The van der Waals surface area contributed by atoms with Crippen LogP contribution in [-0.4, -0.2) is 18.2 Å². The first-order chi connectivity index (χ1) is 10.0. The Balaban J connectivity index is 2.57. The maximum atomic E-state index is 12.2. The lowest BCUT2D eigenvalue weighted by molar-refractivity contribution is -0.118. The standard InChI is InChI=1S/C17H22N2O2/c1-13(12-18)11-17(21)16-9-4-3-7-15(16)8-5-6-10-19-14(2)20/h3-4,7,9,13H,5-6,8,10-11H2,1-2H3,(H,19,20). The molecule has 0 saturated heterocycles. The first kappa shape index (κ1) is 16.9. The second-order valence-corrected chi connectivity index (χ2v) is 5.25. The molecule has 0 heterocycles. The van der Waals surface area contributed by atoms with E-state index in [1.807, 2.05) is 24.3 Å². The van der Waals surface area contributed by atoms with Gasteiger partial charge < -0.3 is 5.32 Å². The van der Waals surface area contributed by atoms with Gasteiger partial charge in [0.25, 0.3) is 0 Å². The molecule has 0 spiro atoms. The number of benzene rings is 1.